The van der Waals surface area contributed by atoms with Gasteiger partial charge in [0, 0.05) is 31.2 Å². The van der Waals surface area contributed by atoms with Crippen LogP contribution in [0.3, 0.4) is 0 Å². The highest BCUT2D eigenvalue weighted by Gasteiger charge is 2.16. The van der Waals surface area contributed by atoms with Gasteiger partial charge in [-0.15, -0.1) is 0 Å². The Morgan fingerprint density at radius 2 is 1.74 bits per heavy atom. The van der Waals surface area contributed by atoms with Gasteiger partial charge < -0.3 is 20.1 Å². The van der Waals surface area contributed by atoms with Gasteiger partial charge in [-0.2, -0.15) is 9.97 Å². The summed E-state index contributed by atoms with van der Waals surface area (Å²) in [6.07, 6.45) is 5.35. The highest BCUT2D eigenvalue weighted by Crippen LogP contribution is 2.32. The molecule has 2 aromatic carbocycles. The van der Waals surface area contributed by atoms with Crippen LogP contribution in [-0.2, 0) is 13.1 Å². The molecular weight excluding hydrogens is 430 g/mol. The minimum Gasteiger partial charge on any atom is -0.454 e. The molecule has 0 spiro atoms. The molecule has 1 aliphatic rings. The number of hydrogen-bond donors (Lipinski definition) is 2. The van der Waals surface area contributed by atoms with Crippen molar-refractivity contribution < 1.29 is 9.47 Å². The van der Waals surface area contributed by atoms with Crippen LogP contribution >= 0.6 is 0 Å². The quantitative estimate of drug-likeness (QED) is 0.381. The third-order valence-electron chi connectivity index (χ3n) is 5.50. The SMILES string of the molecule is c1ccc(-n2cnc3c(NCc4cccnc4)nc(NCc4ccc5c(c4)OCO5)nc32)cc1. The van der Waals surface area contributed by atoms with Crippen molar-refractivity contribution in [1.82, 2.24) is 24.5 Å². The molecule has 1 aliphatic heterocycles. The van der Waals surface area contributed by atoms with Gasteiger partial charge in [0.1, 0.15) is 6.33 Å². The monoisotopic (exact) mass is 451 g/mol. The molecular formula is C25H21N7O2. The molecule has 0 saturated carbocycles. The molecule has 0 amide bonds. The van der Waals surface area contributed by atoms with Gasteiger partial charge >= 0.3 is 0 Å². The van der Waals surface area contributed by atoms with E-state index in [2.05, 4.69) is 20.6 Å². The van der Waals surface area contributed by atoms with E-state index in [0.717, 1.165) is 28.3 Å². The Labute approximate surface area is 195 Å². The zero-order valence-corrected chi connectivity index (χ0v) is 18.2. The van der Waals surface area contributed by atoms with Crippen LogP contribution < -0.4 is 20.1 Å². The number of aromatic nitrogens is 5. The first kappa shape index (κ1) is 20.0. The second-order valence-corrected chi connectivity index (χ2v) is 7.77. The Balaban J connectivity index is 1.33. The van der Waals surface area contributed by atoms with E-state index in [9.17, 15) is 0 Å². The molecule has 0 saturated heterocycles. The molecule has 9 heteroatoms. The summed E-state index contributed by atoms with van der Waals surface area (Å²) in [5, 5.41) is 6.74. The fraction of sp³-hybridized carbons (Fsp3) is 0.120. The van der Waals surface area contributed by atoms with Crippen molar-refractivity contribution in [3.05, 3.63) is 90.5 Å². The third-order valence-corrected chi connectivity index (χ3v) is 5.50. The Bertz CT molecular complexity index is 1440. The minimum absolute atomic E-state index is 0.251. The van der Waals surface area contributed by atoms with E-state index >= 15 is 0 Å². The molecule has 168 valence electrons. The predicted molar refractivity (Wildman–Crippen MR) is 128 cm³/mol. The molecule has 0 fully saturated rings. The first-order chi connectivity index (χ1) is 16.8. The average molecular weight is 451 g/mol. The van der Waals surface area contributed by atoms with E-state index in [1.165, 1.54) is 0 Å². The Morgan fingerprint density at radius 3 is 2.62 bits per heavy atom. The fourth-order valence-electron chi connectivity index (χ4n) is 3.80. The number of hydrogen-bond acceptors (Lipinski definition) is 8. The van der Waals surface area contributed by atoms with Crippen molar-refractivity contribution in [2.24, 2.45) is 0 Å². The number of ether oxygens (including phenoxy) is 2. The van der Waals surface area contributed by atoms with Crippen molar-refractivity contribution in [2.45, 2.75) is 13.1 Å². The Kier molecular flexibility index (Phi) is 5.11. The molecule has 0 radical (unpaired) electrons. The van der Waals surface area contributed by atoms with Crippen molar-refractivity contribution >= 4 is 22.9 Å². The summed E-state index contributed by atoms with van der Waals surface area (Å²) in [5.74, 6) is 2.65. The van der Waals surface area contributed by atoms with Gasteiger partial charge in [0.05, 0.1) is 0 Å². The van der Waals surface area contributed by atoms with Gasteiger partial charge in [-0.25, -0.2) is 4.98 Å². The Hall–Kier alpha value is -4.66. The fourth-order valence-corrected chi connectivity index (χ4v) is 3.80. The van der Waals surface area contributed by atoms with E-state index in [1.807, 2.05) is 71.4 Å². The van der Waals surface area contributed by atoms with Gasteiger partial charge in [0.2, 0.25) is 12.7 Å². The summed E-state index contributed by atoms with van der Waals surface area (Å²) in [6.45, 7) is 1.35. The number of imidazole rings is 1. The maximum Gasteiger partial charge on any atom is 0.231 e. The second kappa shape index (κ2) is 8.70. The van der Waals surface area contributed by atoms with Crippen LogP contribution in [0.5, 0.6) is 11.5 Å². The van der Waals surface area contributed by atoms with Crippen LogP contribution in [-0.4, -0.2) is 31.3 Å². The number of para-hydroxylation sites is 1. The molecule has 6 rings (SSSR count). The first-order valence-electron chi connectivity index (χ1n) is 10.9. The van der Waals surface area contributed by atoms with Crippen LogP contribution in [0.15, 0.2) is 79.4 Å². The zero-order chi connectivity index (χ0) is 22.7. The molecule has 0 aliphatic carbocycles. The normalized spacial score (nSPS) is 12.1. The van der Waals surface area contributed by atoms with Gasteiger partial charge in [-0.1, -0.05) is 30.3 Å². The van der Waals surface area contributed by atoms with Gasteiger partial charge in [-0.05, 0) is 41.5 Å². The third kappa shape index (κ3) is 3.95. The lowest BCUT2D eigenvalue weighted by atomic mass is 10.2. The number of nitrogens with one attached hydrogen (secondary N) is 2. The molecule has 2 N–H and O–H groups in total. The van der Waals surface area contributed by atoms with Crippen molar-refractivity contribution in [3.8, 4) is 17.2 Å². The number of nitrogens with zero attached hydrogens (tertiary/aromatic N) is 5. The molecule has 9 nitrogen and oxygen atoms in total. The van der Waals surface area contributed by atoms with E-state index in [0.29, 0.717) is 36.0 Å². The summed E-state index contributed by atoms with van der Waals surface area (Å²) in [4.78, 5) is 18.3. The highest BCUT2D eigenvalue weighted by molar-refractivity contribution is 5.85. The van der Waals surface area contributed by atoms with Crippen molar-refractivity contribution in [1.29, 1.82) is 0 Å². The molecule has 3 aromatic heterocycles. The lowest BCUT2D eigenvalue weighted by molar-refractivity contribution is 0.174. The standard InChI is InChI=1S/C25H21N7O2/c1-2-6-19(7-3-1)32-15-29-22-23(27-14-18-5-4-10-26-12-18)30-25(31-24(22)32)28-13-17-8-9-20-21(11-17)34-16-33-20/h1-12,15H,13-14,16H2,(H2,27,28,30,31). The number of fused-ring (bicyclic) bond motifs is 2. The van der Waals surface area contributed by atoms with Gasteiger partial charge in [-0.3, -0.25) is 9.55 Å². The van der Waals surface area contributed by atoms with E-state index in [1.54, 1.807) is 12.5 Å². The molecule has 5 aromatic rings. The summed E-state index contributed by atoms with van der Waals surface area (Å²) in [7, 11) is 0. The number of benzene rings is 2. The zero-order valence-electron chi connectivity index (χ0n) is 18.2. The summed E-state index contributed by atoms with van der Waals surface area (Å²) in [5.41, 5.74) is 4.47. The summed E-state index contributed by atoms with van der Waals surface area (Å²) in [6, 6.07) is 19.8. The number of rotatable bonds is 7. The van der Waals surface area contributed by atoms with Crippen molar-refractivity contribution in [2.75, 3.05) is 17.4 Å². The molecule has 34 heavy (non-hydrogen) atoms. The molecule has 0 bridgehead atoms. The number of anilines is 2. The summed E-state index contributed by atoms with van der Waals surface area (Å²) >= 11 is 0. The maximum absolute atomic E-state index is 5.49. The molecule has 0 unspecified atom stereocenters. The largest absolute Gasteiger partial charge is 0.454 e. The maximum atomic E-state index is 5.49. The minimum atomic E-state index is 0.251. The van der Waals surface area contributed by atoms with E-state index in [-0.39, 0.29) is 6.79 Å². The Morgan fingerprint density at radius 1 is 0.853 bits per heavy atom. The van der Waals surface area contributed by atoms with Crippen LogP contribution in [0, 0.1) is 0 Å². The van der Waals surface area contributed by atoms with Crippen LogP contribution in [0.4, 0.5) is 11.8 Å². The predicted octanol–water partition coefficient (Wildman–Crippen LogP) is 4.16. The van der Waals surface area contributed by atoms with Crippen LogP contribution in [0.1, 0.15) is 11.1 Å². The highest BCUT2D eigenvalue weighted by atomic mass is 16.7. The van der Waals surface area contributed by atoms with Crippen LogP contribution in [0.25, 0.3) is 16.9 Å². The topological polar surface area (TPSA) is 99.0 Å². The van der Waals surface area contributed by atoms with E-state index in [4.69, 9.17) is 19.4 Å². The smallest absolute Gasteiger partial charge is 0.231 e. The number of pyridine rings is 1. The lowest BCUT2D eigenvalue weighted by Gasteiger charge is -2.11. The first-order valence-corrected chi connectivity index (χ1v) is 10.9. The van der Waals surface area contributed by atoms with Crippen LogP contribution in [0.2, 0.25) is 0 Å². The average Bonchev–Trinajstić information content (AvgIpc) is 3.54. The molecule has 0 atom stereocenters. The van der Waals surface area contributed by atoms with Gasteiger partial charge in [0.25, 0.3) is 0 Å². The van der Waals surface area contributed by atoms with E-state index < -0.39 is 0 Å². The molecule has 4 heterocycles. The van der Waals surface area contributed by atoms with Crippen molar-refractivity contribution in [3.63, 3.8) is 0 Å². The van der Waals surface area contributed by atoms with Gasteiger partial charge in [0.15, 0.2) is 28.5 Å². The summed E-state index contributed by atoms with van der Waals surface area (Å²) < 4.78 is 12.8. The second-order valence-electron chi connectivity index (χ2n) is 7.77. The lowest BCUT2D eigenvalue weighted by Crippen LogP contribution is -2.09.